The van der Waals surface area contributed by atoms with E-state index >= 15 is 0 Å². The topological polar surface area (TPSA) is 66.6 Å². The number of nitrogens with two attached hydrogens (primary N) is 1. The molecule has 4 rings (SSSR count). The number of carbonyl (C=O) groups excluding carboxylic acids is 1. The third-order valence-corrected chi connectivity index (χ3v) is 8.24. The van der Waals surface area contributed by atoms with Crippen LogP contribution in [-0.2, 0) is 24.1 Å². The molecule has 3 aromatic carbocycles. The predicted octanol–water partition coefficient (Wildman–Crippen LogP) is 6.09. The van der Waals surface area contributed by atoms with Crippen LogP contribution in [0.25, 0.3) is 0 Å². The molecule has 190 valence electrons. The molecule has 1 aliphatic heterocycles. The van der Waals surface area contributed by atoms with E-state index in [2.05, 4.69) is 0 Å². The van der Waals surface area contributed by atoms with Crippen LogP contribution in [-0.4, -0.2) is 41.1 Å². The van der Waals surface area contributed by atoms with Gasteiger partial charge in [0.25, 0.3) is 0 Å². The van der Waals surface area contributed by atoms with Crippen molar-refractivity contribution in [1.29, 1.82) is 0 Å². The zero-order valence-electron chi connectivity index (χ0n) is 19.6. The number of halogens is 4. The molecule has 3 aromatic rings. The number of nitrogens with zero attached hydrogens (tertiary/aromatic N) is 1. The highest BCUT2D eigenvalue weighted by molar-refractivity contribution is 6.42. The van der Waals surface area contributed by atoms with Gasteiger partial charge in [-0.3, -0.25) is 4.79 Å². The normalized spacial score (nSPS) is 20.8. The zero-order valence-corrected chi connectivity index (χ0v) is 22.6. The van der Waals surface area contributed by atoms with Crippen LogP contribution in [0.1, 0.15) is 16.7 Å². The van der Waals surface area contributed by atoms with E-state index in [1.54, 1.807) is 17.0 Å². The molecule has 1 amide bonds. The van der Waals surface area contributed by atoms with Gasteiger partial charge in [0.15, 0.2) is 0 Å². The minimum absolute atomic E-state index is 0.121. The predicted molar refractivity (Wildman–Crippen MR) is 148 cm³/mol. The number of hydrogen-bond donors (Lipinski definition) is 2. The monoisotopic (exact) mass is 564 g/mol. The molecule has 8 heteroatoms. The van der Waals surface area contributed by atoms with Gasteiger partial charge in [-0.2, -0.15) is 0 Å². The second-order valence-corrected chi connectivity index (χ2v) is 11.1. The Hall–Kier alpha value is -1.79. The first-order valence-electron chi connectivity index (χ1n) is 11.9. The molecule has 3 N–H and O–H groups in total. The Bertz CT molecular complexity index is 1140. The summed E-state index contributed by atoms with van der Waals surface area (Å²) in [7, 11) is 0. The van der Waals surface area contributed by atoms with E-state index in [1.165, 1.54) is 0 Å². The molecule has 0 aromatic heterocycles. The Morgan fingerprint density at radius 2 is 1.31 bits per heavy atom. The van der Waals surface area contributed by atoms with E-state index in [0.717, 1.165) is 16.7 Å². The molecule has 1 fully saturated rings. The number of carbonyl (C=O) groups is 1. The molecule has 0 radical (unpaired) electrons. The van der Waals surface area contributed by atoms with Gasteiger partial charge in [-0.1, -0.05) is 88.9 Å². The number of aliphatic hydroxyl groups excluding tert-OH is 1. The third-order valence-electron chi connectivity index (χ3n) is 6.77. The number of hydrogen-bond acceptors (Lipinski definition) is 3. The van der Waals surface area contributed by atoms with Crippen LogP contribution in [0.4, 0.5) is 0 Å². The van der Waals surface area contributed by atoms with Gasteiger partial charge in [0.2, 0.25) is 5.91 Å². The van der Waals surface area contributed by atoms with Crippen LogP contribution < -0.4 is 5.73 Å². The van der Waals surface area contributed by atoms with E-state index in [9.17, 15) is 9.90 Å². The Labute approximate surface area is 231 Å². The average molecular weight is 566 g/mol. The summed E-state index contributed by atoms with van der Waals surface area (Å²) in [5, 5.41) is 13.3. The minimum atomic E-state index is -0.668. The molecule has 1 heterocycles. The summed E-state index contributed by atoms with van der Waals surface area (Å²) in [5.41, 5.74) is 9.27. The highest BCUT2D eigenvalue weighted by Gasteiger charge is 2.38. The molecule has 36 heavy (non-hydrogen) atoms. The molecule has 3 atom stereocenters. The van der Waals surface area contributed by atoms with Gasteiger partial charge in [-0.15, -0.1) is 0 Å². The summed E-state index contributed by atoms with van der Waals surface area (Å²) in [6, 6.07) is 20.0. The van der Waals surface area contributed by atoms with E-state index in [0.29, 0.717) is 52.4 Å². The van der Waals surface area contributed by atoms with E-state index in [4.69, 9.17) is 52.1 Å². The maximum absolute atomic E-state index is 13.4. The summed E-state index contributed by atoms with van der Waals surface area (Å²) in [6.07, 6.45) is 0.915. The lowest BCUT2D eigenvalue weighted by atomic mass is 9.79. The van der Waals surface area contributed by atoms with Gasteiger partial charge in [-0.05, 0) is 60.2 Å². The number of benzene rings is 3. The van der Waals surface area contributed by atoms with Crippen molar-refractivity contribution in [3.05, 3.63) is 104 Å². The van der Waals surface area contributed by atoms with Crippen molar-refractivity contribution < 1.29 is 9.90 Å². The van der Waals surface area contributed by atoms with Crippen LogP contribution in [0.2, 0.25) is 20.1 Å². The number of amides is 1. The maximum atomic E-state index is 13.4. The lowest BCUT2D eigenvalue weighted by Gasteiger charge is -2.42. The van der Waals surface area contributed by atoms with Crippen molar-refractivity contribution in [3.8, 4) is 0 Å². The molecular weight excluding hydrogens is 538 g/mol. The molecule has 0 bridgehead atoms. The summed E-state index contributed by atoms with van der Waals surface area (Å²) in [5.74, 6) is -0.516. The molecule has 1 aliphatic rings. The molecule has 0 spiro atoms. The van der Waals surface area contributed by atoms with E-state index in [-0.39, 0.29) is 17.7 Å². The summed E-state index contributed by atoms with van der Waals surface area (Å²) in [6.45, 7) is 0.807. The van der Waals surface area contributed by atoms with Gasteiger partial charge >= 0.3 is 0 Å². The van der Waals surface area contributed by atoms with Crippen molar-refractivity contribution in [1.82, 2.24) is 4.90 Å². The van der Waals surface area contributed by atoms with Crippen molar-refractivity contribution >= 4 is 52.3 Å². The first kappa shape index (κ1) is 27.3. The van der Waals surface area contributed by atoms with Crippen molar-refractivity contribution in [3.63, 3.8) is 0 Å². The standard InChI is InChI=1S/C28H28Cl4N2O2/c29-22-8-6-18(12-24(22)31)10-20-15-34(28(36)26(33)14-17-4-2-1-3-5-17)16-21(27(20)35)11-19-7-9-23(30)25(32)13-19/h1-9,12-13,20-21,26-27,35H,10-11,14-16,33H2/t20?,21?,26-,27?/m1/s1. The Kier molecular flexibility index (Phi) is 9.21. The smallest absolute Gasteiger partial charge is 0.239 e. The van der Waals surface area contributed by atoms with Crippen LogP contribution in [0.3, 0.4) is 0 Å². The number of aliphatic hydroxyl groups is 1. The van der Waals surface area contributed by atoms with Gasteiger partial charge in [-0.25, -0.2) is 0 Å². The fraction of sp³-hybridized carbons (Fsp3) is 0.321. The van der Waals surface area contributed by atoms with E-state index in [1.807, 2.05) is 54.6 Å². The molecule has 2 unspecified atom stereocenters. The highest BCUT2D eigenvalue weighted by atomic mass is 35.5. The third kappa shape index (κ3) is 6.74. The fourth-order valence-electron chi connectivity index (χ4n) is 4.92. The SMILES string of the molecule is N[C@H](Cc1ccccc1)C(=O)N1CC(Cc2ccc(Cl)c(Cl)c2)C(O)C(Cc2ccc(Cl)c(Cl)c2)C1. The maximum Gasteiger partial charge on any atom is 0.239 e. The van der Waals surface area contributed by atoms with Gasteiger partial charge in [0.05, 0.1) is 32.2 Å². The van der Waals surface area contributed by atoms with Crippen LogP contribution in [0.15, 0.2) is 66.7 Å². The second kappa shape index (κ2) is 12.2. The molecule has 0 aliphatic carbocycles. The summed E-state index contributed by atoms with van der Waals surface area (Å²) < 4.78 is 0. The Balaban J connectivity index is 1.56. The van der Waals surface area contributed by atoms with Crippen LogP contribution >= 0.6 is 46.4 Å². The average Bonchev–Trinajstić information content (AvgIpc) is 2.86. The zero-order chi connectivity index (χ0) is 25.8. The molecule has 1 saturated heterocycles. The van der Waals surface area contributed by atoms with Crippen molar-refractivity contribution in [2.24, 2.45) is 17.6 Å². The van der Waals surface area contributed by atoms with Crippen LogP contribution in [0, 0.1) is 11.8 Å². The summed E-state index contributed by atoms with van der Waals surface area (Å²) >= 11 is 24.6. The van der Waals surface area contributed by atoms with Crippen molar-refractivity contribution in [2.45, 2.75) is 31.4 Å². The number of likely N-dealkylation sites (tertiary alicyclic amines) is 1. The second-order valence-electron chi connectivity index (χ2n) is 9.46. The lowest BCUT2D eigenvalue weighted by molar-refractivity contribution is -0.139. The highest BCUT2D eigenvalue weighted by Crippen LogP contribution is 2.32. The van der Waals surface area contributed by atoms with Crippen molar-refractivity contribution in [2.75, 3.05) is 13.1 Å². The first-order chi connectivity index (χ1) is 17.2. The van der Waals surface area contributed by atoms with Gasteiger partial charge in [0.1, 0.15) is 0 Å². The van der Waals surface area contributed by atoms with Crippen LogP contribution in [0.5, 0.6) is 0 Å². The van der Waals surface area contributed by atoms with Gasteiger partial charge < -0.3 is 15.7 Å². The lowest BCUT2D eigenvalue weighted by Crippen LogP contribution is -2.56. The Morgan fingerprint density at radius 1 is 0.806 bits per heavy atom. The molecule has 0 saturated carbocycles. The molecular formula is C28H28Cl4N2O2. The Morgan fingerprint density at radius 3 is 1.78 bits per heavy atom. The molecule has 4 nitrogen and oxygen atoms in total. The largest absolute Gasteiger partial charge is 0.392 e. The van der Waals surface area contributed by atoms with E-state index < -0.39 is 12.1 Å². The minimum Gasteiger partial charge on any atom is -0.392 e. The summed E-state index contributed by atoms with van der Waals surface area (Å²) in [4.78, 5) is 15.2. The number of rotatable bonds is 7. The fourth-order valence-corrected chi connectivity index (χ4v) is 5.56. The van der Waals surface area contributed by atoms with Gasteiger partial charge in [0, 0.05) is 24.9 Å². The first-order valence-corrected chi connectivity index (χ1v) is 13.4. The quantitative estimate of drug-likeness (QED) is 0.364. The number of piperidine rings is 1.